The molecule has 1 aromatic rings. The summed E-state index contributed by atoms with van der Waals surface area (Å²) >= 11 is 1.47. The maximum Gasteiger partial charge on any atom is 0.270 e. The van der Waals surface area contributed by atoms with Gasteiger partial charge in [-0.2, -0.15) is 0 Å². The van der Waals surface area contributed by atoms with Crippen LogP contribution >= 0.6 is 11.9 Å². The van der Waals surface area contributed by atoms with Crippen LogP contribution in [0.4, 0.5) is 11.4 Å². The van der Waals surface area contributed by atoms with E-state index < -0.39 is 0 Å². The quantitative estimate of drug-likeness (QED) is 0.485. The third-order valence-electron chi connectivity index (χ3n) is 2.87. The van der Waals surface area contributed by atoms with Gasteiger partial charge in [-0.1, -0.05) is 0 Å². The third-order valence-corrected chi connectivity index (χ3v) is 3.69. The number of hydrogen-bond acceptors (Lipinski definition) is 5. The number of nitrogens with one attached hydrogen (secondary N) is 1. The SMILES string of the molecule is O=[N+]([O-])c1ccc2c(c1)SNCN2C1CC1. The molecule has 0 spiro atoms. The molecule has 0 unspecified atom stereocenters. The molecule has 5 nitrogen and oxygen atoms in total. The van der Waals surface area contributed by atoms with Crippen molar-refractivity contribution in [3.8, 4) is 0 Å². The molecule has 1 saturated carbocycles. The Morgan fingerprint density at radius 1 is 1.50 bits per heavy atom. The van der Waals surface area contributed by atoms with Gasteiger partial charge in [-0.05, 0) is 30.9 Å². The van der Waals surface area contributed by atoms with Crippen LogP contribution in [0.3, 0.4) is 0 Å². The Hall–Kier alpha value is -1.27. The maximum atomic E-state index is 10.7. The van der Waals surface area contributed by atoms with Crippen molar-refractivity contribution in [2.75, 3.05) is 11.6 Å². The van der Waals surface area contributed by atoms with E-state index in [4.69, 9.17) is 0 Å². The molecule has 84 valence electrons. The van der Waals surface area contributed by atoms with Crippen molar-refractivity contribution >= 4 is 23.3 Å². The highest BCUT2D eigenvalue weighted by Crippen LogP contribution is 2.40. The van der Waals surface area contributed by atoms with Gasteiger partial charge in [-0.15, -0.1) is 0 Å². The molecular formula is C10H11N3O2S. The molecule has 0 radical (unpaired) electrons. The van der Waals surface area contributed by atoms with Gasteiger partial charge >= 0.3 is 0 Å². The summed E-state index contributed by atoms with van der Waals surface area (Å²) in [5.74, 6) is 0. The third kappa shape index (κ3) is 1.64. The molecule has 0 saturated heterocycles. The average Bonchev–Trinajstić information content (AvgIpc) is 3.11. The molecular weight excluding hydrogens is 226 g/mol. The summed E-state index contributed by atoms with van der Waals surface area (Å²) in [6.07, 6.45) is 2.45. The fraction of sp³-hybridized carbons (Fsp3) is 0.400. The summed E-state index contributed by atoms with van der Waals surface area (Å²) in [7, 11) is 0. The van der Waals surface area contributed by atoms with E-state index in [1.807, 2.05) is 6.07 Å². The van der Waals surface area contributed by atoms with Crippen molar-refractivity contribution in [1.82, 2.24) is 4.72 Å². The zero-order valence-electron chi connectivity index (χ0n) is 8.55. The first-order valence-corrected chi connectivity index (χ1v) is 6.02. The van der Waals surface area contributed by atoms with Crippen molar-refractivity contribution in [2.45, 2.75) is 23.8 Å². The van der Waals surface area contributed by atoms with Crippen molar-refractivity contribution in [3.05, 3.63) is 28.3 Å². The summed E-state index contributed by atoms with van der Waals surface area (Å²) in [5.41, 5.74) is 1.28. The lowest BCUT2D eigenvalue weighted by molar-refractivity contribution is -0.385. The van der Waals surface area contributed by atoms with Gasteiger partial charge in [0.05, 0.1) is 22.2 Å². The second-order valence-electron chi connectivity index (χ2n) is 4.01. The van der Waals surface area contributed by atoms with Crippen LogP contribution in [-0.4, -0.2) is 17.6 Å². The fourth-order valence-electron chi connectivity index (χ4n) is 1.91. The first-order chi connectivity index (χ1) is 7.75. The molecule has 3 rings (SSSR count). The van der Waals surface area contributed by atoms with Gasteiger partial charge < -0.3 is 4.90 Å². The van der Waals surface area contributed by atoms with Gasteiger partial charge in [0.1, 0.15) is 0 Å². The lowest BCUT2D eigenvalue weighted by Gasteiger charge is -2.30. The highest BCUT2D eigenvalue weighted by molar-refractivity contribution is 7.97. The van der Waals surface area contributed by atoms with E-state index in [2.05, 4.69) is 9.62 Å². The van der Waals surface area contributed by atoms with Crippen LogP contribution in [-0.2, 0) is 0 Å². The zero-order chi connectivity index (χ0) is 11.1. The van der Waals surface area contributed by atoms with Gasteiger partial charge in [-0.3, -0.25) is 10.1 Å². The molecule has 0 bridgehead atoms. The fourth-order valence-corrected chi connectivity index (χ4v) is 2.74. The largest absolute Gasteiger partial charge is 0.354 e. The standard InChI is InChI=1S/C10H11N3O2S/c14-13(15)8-3-4-9-10(5-8)16-11-6-12(9)7-1-2-7/h3-5,7,11H,1-2,6H2. The van der Waals surface area contributed by atoms with Gasteiger partial charge in [0, 0.05) is 18.2 Å². The number of benzene rings is 1. The van der Waals surface area contributed by atoms with E-state index >= 15 is 0 Å². The summed E-state index contributed by atoms with van der Waals surface area (Å²) in [6, 6.07) is 5.70. The number of nitro benzene ring substituents is 1. The monoisotopic (exact) mass is 237 g/mol. The predicted octanol–water partition coefficient (Wildman–Crippen LogP) is 2.13. The van der Waals surface area contributed by atoms with Crippen molar-refractivity contribution < 1.29 is 4.92 Å². The van der Waals surface area contributed by atoms with Crippen molar-refractivity contribution in [3.63, 3.8) is 0 Å². The van der Waals surface area contributed by atoms with Crippen LogP contribution in [0, 0.1) is 10.1 Å². The Morgan fingerprint density at radius 3 is 3.00 bits per heavy atom. The maximum absolute atomic E-state index is 10.7. The van der Waals surface area contributed by atoms with Gasteiger partial charge in [-0.25, -0.2) is 4.72 Å². The van der Waals surface area contributed by atoms with E-state index in [1.165, 1.54) is 24.8 Å². The molecule has 1 aromatic carbocycles. The number of rotatable bonds is 2. The Kier molecular flexibility index (Phi) is 2.26. The number of nitro groups is 1. The Morgan fingerprint density at radius 2 is 2.31 bits per heavy atom. The normalized spacial score (nSPS) is 19.4. The summed E-state index contributed by atoms with van der Waals surface area (Å²) < 4.78 is 3.20. The topological polar surface area (TPSA) is 58.4 Å². The first-order valence-electron chi connectivity index (χ1n) is 5.20. The van der Waals surface area contributed by atoms with Crippen LogP contribution < -0.4 is 9.62 Å². The van der Waals surface area contributed by atoms with Crippen LogP contribution in [0.5, 0.6) is 0 Å². The van der Waals surface area contributed by atoms with Gasteiger partial charge in [0.2, 0.25) is 0 Å². The molecule has 0 amide bonds. The van der Waals surface area contributed by atoms with Crippen molar-refractivity contribution in [2.24, 2.45) is 0 Å². The summed E-state index contributed by atoms with van der Waals surface area (Å²) in [4.78, 5) is 13.6. The number of non-ortho nitro benzene ring substituents is 1. The summed E-state index contributed by atoms with van der Waals surface area (Å²) in [6.45, 7) is 0.820. The Bertz CT molecular complexity index is 448. The van der Waals surface area contributed by atoms with E-state index in [0.29, 0.717) is 6.04 Å². The molecule has 1 fully saturated rings. The van der Waals surface area contributed by atoms with E-state index in [-0.39, 0.29) is 10.6 Å². The number of anilines is 1. The molecule has 1 N–H and O–H groups in total. The van der Waals surface area contributed by atoms with Crippen LogP contribution in [0.25, 0.3) is 0 Å². The minimum absolute atomic E-state index is 0.158. The number of nitrogens with zero attached hydrogens (tertiary/aromatic N) is 2. The highest BCUT2D eigenvalue weighted by Gasteiger charge is 2.32. The smallest absolute Gasteiger partial charge is 0.270 e. The molecule has 1 aliphatic heterocycles. The van der Waals surface area contributed by atoms with Crippen molar-refractivity contribution in [1.29, 1.82) is 0 Å². The van der Waals surface area contributed by atoms with E-state index in [0.717, 1.165) is 17.3 Å². The predicted molar refractivity (Wildman–Crippen MR) is 62.5 cm³/mol. The van der Waals surface area contributed by atoms with Gasteiger partial charge in [0.15, 0.2) is 0 Å². The second kappa shape index (κ2) is 3.64. The lowest BCUT2D eigenvalue weighted by Crippen LogP contribution is -2.36. The molecule has 6 heteroatoms. The van der Waals surface area contributed by atoms with E-state index in [1.54, 1.807) is 12.1 Å². The lowest BCUT2D eigenvalue weighted by atomic mass is 10.2. The molecule has 0 atom stereocenters. The summed E-state index contributed by atoms with van der Waals surface area (Å²) in [5, 5.41) is 10.7. The molecule has 2 aliphatic rings. The zero-order valence-corrected chi connectivity index (χ0v) is 9.37. The number of fused-ring (bicyclic) bond motifs is 1. The average molecular weight is 237 g/mol. The first kappa shape index (κ1) is 9.92. The minimum Gasteiger partial charge on any atom is -0.354 e. The molecule has 0 aromatic heterocycles. The number of hydrogen-bond donors (Lipinski definition) is 1. The Balaban J connectivity index is 1.99. The second-order valence-corrected chi connectivity index (χ2v) is 4.95. The van der Waals surface area contributed by atoms with Crippen LogP contribution in [0.15, 0.2) is 23.1 Å². The minimum atomic E-state index is -0.350. The van der Waals surface area contributed by atoms with Crippen LogP contribution in [0.2, 0.25) is 0 Å². The molecule has 1 aliphatic carbocycles. The van der Waals surface area contributed by atoms with E-state index in [9.17, 15) is 10.1 Å². The highest BCUT2D eigenvalue weighted by atomic mass is 32.2. The Labute approximate surface area is 97.1 Å². The molecule has 16 heavy (non-hydrogen) atoms. The molecule has 1 heterocycles. The van der Waals surface area contributed by atoms with Crippen LogP contribution in [0.1, 0.15) is 12.8 Å². The van der Waals surface area contributed by atoms with Gasteiger partial charge in [0.25, 0.3) is 5.69 Å².